The fourth-order valence-electron chi connectivity index (χ4n) is 1.86. The molecule has 5 heteroatoms. The highest BCUT2D eigenvalue weighted by Gasteiger charge is 2.28. The molecule has 0 radical (unpaired) electrons. The van der Waals surface area contributed by atoms with E-state index >= 15 is 0 Å². The molecule has 0 bridgehead atoms. The summed E-state index contributed by atoms with van der Waals surface area (Å²) in [4.78, 5) is 16.6. The average Bonchev–Trinajstić information content (AvgIpc) is 2.96. The summed E-state index contributed by atoms with van der Waals surface area (Å²) in [5.41, 5.74) is 0. The number of hydrogen-bond acceptors (Lipinski definition) is 4. The van der Waals surface area contributed by atoms with E-state index in [0.717, 1.165) is 11.6 Å². The lowest BCUT2D eigenvalue weighted by Gasteiger charge is -2.26. The lowest BCUT2D eigenvalue weighted by atomic mass is 10.2. The van der Waals surface area contributed by atoms with Crippen molar-refractivity contribution in [3.8, 4) is 0 Å². The normalized spacial score (nSPS) is 21.5. The Labute approximate surface area is 111 Å². The van der Waals surface area contributed by atoms with E-state index in [-0.39, 0.29) is 18.0 Å². The smallest absolute Gasteiger partial charge is 0.240 e. The van der Waals surface area contributed by atoms with Gasteiger partial charge in [0.05, 0.1) is 12.1 Å². The van der Waals surface area contributed by atoms with Gasteiger partial charge >= 0.3 is 0 Å². The van der Waals surface area contributed by atoms with Gasteiger partial charge in [0.1, 0.15) is 0 Å². The summed E-state index contributed by atoms with van der Waals surface area (Å²) in [5.74, 6) is 1.98. The predicted molar refractivity (Wildman–Crippen MR) is 74.5 cm³/mol. The molecule has 1 aromatic rings. The minimum absolute atomic E-state index is 0.00601. The highest BCUT2D eigenvalue weighted by Crippen LogP contribution is 2.27. The Morgan fingerprint density at radius 1 is 1.59 bits per heavy atom. The van der Waals surface area contributed by atoms with Gasteiger partial charge in [-0.15, -0.1) is 23.1 Å². The van der Waals surface area contributed by atoms with Crippen LogP contribution in [0.5, 0.6) is 0 Å². The maximum Gasteiger partial charge on any atom is 0.240 e. The van der Waals surface area contributed by atoms with E-state index in [1.54, 1.807) is 23.1 Å². The summed E-state index contributed by atoms with van der Waals surface area (Å²) in [6.07, 6.45) is 0. The number of thiophene rings is 1. The monoisotopic (exact) mass is 270 g/mol. The average molecular weight is 270 g/mol. The molecule has 3 nitrogen and oxygen atoms in total. The molecule has 1 amide bonds. The first-order valence-corrected chi connectivity index (χ1v) is 7.71. The third-order valence-electron chi connectivity index (χ3n) is 3.12. The van der Waals surface area contributed by atoms with Crippen molar-refractivity contribution in [3.05, 3.63) is 21.9 Å². The lowest BCUT2D eigenvalue weighted by molar-refractivity contribution is -0.133. The molecule has 2 unspecified atom stereocenters. The molecule has 1 aromatic heterocycles. The molecule has 1 fully saturated rings. The zero-order chi connectivity index (χ0) is 12.4. The Morgan fingerprint density at radius 3 is 2.88 bits per heavy atom. The highest BCUT2D eigenvalue weighted by atomic mass is 32.2. The SMILES string of the molecule is Cc1ccc(C(C)N(C)C(=O)C2CSCN2)s1. The molecule has 0 aromatic carbocycles. The van der Waals surface area contributed by atoms with Gasteiger partial charge in [-0.25, -0.2) is 0 Å². The number of thioether (sulfide) groups is 1. The van der Waals surface area contributed by atoms with Crippen LogP contribution in [0.2, 0.25) is 0 Å². The molecule has 0 aliphatic carbocycles. The van der Waals surface area contributed by atoms with E-state index in [4.69, 9.17) is 0 Å². The molecule has 0 spiro atoms. The molecular formula is C12H18N2OS2. The second kappa shape index (κ2) is 5.42. The van der Waals surface area contributed by atoms with Gasteiger partial charge in [-0.05, 0) is 26.0 Å². The van der Waals surface area contributed by atoms with E-state index in [0.29, 0.717) is 0 Å². The van der Waals surface area contributed by atoms with Gasteiger partial charge in [0.2, 0.25) is 5.91 Å². The number of nitrogens with zero attached hydrogens (tertiary/aromatic N) is 1. The van der Waals surface area contributed by atoms with Crippen molar-refractivity contribution in [1.82, 2.24) is 10.2 Å². The van der Waals surface area contributed by atoms with Crippen LogP contribution in [0.3, 0.4) is 0 Å². The van der Waals surface area contributed by atoms with Gasteiger partial charge < -0.3 is 4.90 Å². The number of amides is 1. The first-order valence-electron chi connectivity index (χ1n) is 5.73. The van der Waals surface area contributed by atoms with Gasteiger partial charge in [0, 0.05) is 28.4 Å². The van der Waals surface area contributed by atoms with Gasteiger partial charge in [-0.2, -0.15) is 0 Å². The molecule has 1 aliphatic rings. The van der Waals surface area contributed by atoms with Crippen LogP contribution in [0.15, 0.2) is 12.1 Å². The number of nitrogens with one attached hydrogen (secondary N) is 1. The summed E-state index contributed by atoms with van der Waals surface area (Å²) in [6, 6.07) is 4.38. The Kier molecular flexibility index (Phi) is 4.12. The minimum Gasteiger partial charge on any atom is -0.337 e. The molecule has 0 saturated carbocycles. The number of likely N-dealkylation sites (N-methyl/N-ethyl adjacent to an activating group) is 1. The van der Waals surface area contributed by atoms with Crippen LogP contribution in [-0.4, -0.2) is 35.5 Å². The Balaban J connectivity index is 2.03. The number of rotatable bonds is 3. The molecule has 1 aliphatic heterocycles. The number of carbonyl (C=O) groups excluding carboxylic acids is 1. The van der Waals surface area contributed by atoms with E-state index < -0.39 is 0 Å². The molecule has 94 valence electrons. The van der Waals surface area contributed by atoms with Gasteiger partial charge in [-0.3, -0.25) is 10.1 Å². The van der Waals surface area contributed by atoms with E-state index in [2.05, 4.69) is 31.3 Å². The standard InChI is InChI=1S/C12H18N2OS2/c1-8-4-5-11(17-8)9(2)14(3)12(15)10-6-16-7-13-10/h4-5,9-10,13H,6-7H2,1-3H3. The number of carbonyl (C=O) groups is 1. The maximum atomic E-state index is 12.2. The van der Waals surface area contributed by atoms with Crippen LogP contribution < -0.4 is 5.32 Å². The lowest BCUT2D eigenvalue weighted by Crippen LogP contribution is -2.43. The van der Waals surface area contributed by atoms with E-state index in [1.807, 2.05) is 11.9 Å². The molecule has 2 rings (SSSR count). The Hall–Kier alpha value is -0.520. The van der Waals surface area contributed by atoms with E-state index in [9.17, 15) is 4.79 Å². The molecule has 2 heterocycles. The zero-order valence-electron chi connectivity index (χ0n) is 10.4. The zero-order valence-corrected chi connectivity index (χ0v) is 12.0. The first kappa shape index (κ1) is 12.9. The van der Waals surface area contributed by atoms with Crippen molar-refractivity contribution in [2.45, 2.75) is 25.9 Å². The van der Waals surface area contributed by atoms with E-state index in [1.165, 1.54) is 9.75 Å². The Morgan fingerprint density at radius 2 is 2.35 bits per heavy atom. The highest BCUT2D eigenvalue weighted by molar-refractivity contribution is 7.99. The summed E-state index contributed by atoms with van der Waals surface area (Å²) < 4.78 is 0. The summed E-state index contributed by atoms with van der Waals surface area (Å²) in [6.45, 7) is 4.18. The van der Waals surface area contributed by atoms with Crippen molar-refractivity contribution >= 4 is 29.0 Å². The fraction of sp³-hybridized carbons (Fsp3) is 0.583. The topological polar surface area (TPSA) is 32.3 Å². The summed E-state index contributed by atoms with van der Waals surface area (Å²) in [5, 5.41) is 3.22. The largest absolute Gasteiger partial charge is 0.337 e. The summed E-state index contributed by atoms with van der Waals surface area (Å²) in [7, 11) is 1.90. The van der Waals surface area contributed by atoms with Crippen molar-refractivity contribution in [2.75, 3.05) is 18.7 Å². The van der Waals surface area contributed by atoms with Crippen LogP contribution >= 0.6 is 23.1 Å². The van der Waals surface area contributed by atoms with Crippen LogP contribution in [-0.2, 0) is 4.79 Å². The quantitative estimate of drug-likeness (QED) is 0.914. The molecule has 1 N–H and O–H groups in total. The molecule has 1 saturated heterocycles. The van der Waals surface area contributed by atoms with Crippen LogP contribution in [0.4, 0.5) is 0 Å². The van der Waals surface area contributed by atoms with Crippen LogP contribution in [0, 0.1) is 6.92 Å². The van der Waals surface area contributed by atoms with Gasteiger partial charge in [-0.1, -0.05) is 0 Å². The van der Waals surface area contributed by atoms with Crippen molar-refractivity contribution in [1.29, 1.82) is 0 Å². The maximum absolute atomic E-state index is 12.2. The van der Waals surface area contributed by atoms with Crippen molar-refractivity contribution in [2.24, 2.45) is 0 Å². The molecular weight excluding hydrogens is 252 g/mol. The summed E-state index contributed by atoms with van der Waals surface area (Å²) >= 11 is 3.55. The minimum atomic E-state index is -0.00601. The molecule has 17 heavy (non-hydrogen) atoms. The van der Waals surface area contributed by atoms with Crippen molar-refractivity contribution in [3.63, 3.8) is 0 Å². The van der Waals surface area contributed by atoms with Crippen LogP contribution in [0.1, 0.15) is 22.7 Å². The fourth-order valence-corrected chi connectivity index (χ4v) is 3.76. The third kappa shape index (κ3) is 2.84. The second-order valence-electron chi connectivity index (χ2n) is 4.35. The van der Waals surface area contributed by atoms with Gasteiger partial charge in [0.25, 0.3) is 0 Å². The second-order valence-corrected chi connectivity index (χ2v) is 6.70. The van der Waals surface area contributed by atoms with Crippen molar-refractivity contribution < 1.29 is 4.79 Å². The number of aryl methyl sites for hydroxylation is 1. The van der Waals surface area contributed by atoms with Gasteiger partial charge in [0.15, 0.2) is 0 Å². The first-order chi connectivity index (χ1) is 8.09. The third-order valence-corrected chi connectivity index (χ3v) is 5.23. The van der Waals surface area contributed by atoms with Crippen LogP contribution in [0.25, 0.3) is 0 Å². The predicted octanol–water partition coefficient (Wildman–Crippen LogP) is 2.24. The molecule has 2 atom stereocenters. The Bertz CT molecular complexity index is 399. The number of hydrogen-bond donors (Lipinski definition) is 1.